The van der Waals surface area contributed by atoms with Gasteiger partial charge in [0.25, 0.3) is 0 Å². The van der Waals surface area contributed by atoms with Gasteiger partial charge >= 0.3 is 0 Å². The summed E-state index contributed by atoms with van der Waals surface area (Å²) in [7, 11) is 0. The predicted molar refractivity (Wildman–Crippen MR) is 115 cm³/mol. The van der Waals surface area contributed by atoms with Crippen LogP contribution >= 0.6 is 34.3 Å². The number of anilines is 1. The van der Waals surface area contributed by atoms with Gasteiger partial charge in [0.2, 0.25) is 5.13 Å². The summed E-state index contributed by atoms with van der Waals surface area (Å²) in [4.78, 5) is 5.17. The average molecular weight is 416 g/mol. The van der Waals surface area contributed by atoms with Crippen molar-refractivity contribution < 1.29 is 0 Å². The molecule has 0 saturated carbocycles. The van der Waals surface area contributed by atoms with E-state index in [9.17, 15) is 0 Å². The molecule has 0 aliphatic rings. The first-order valence-corrected chi connectivity index (χ1v) is 10.5. The number of thiophene rings is 1. The molecule has 4 aromatic rings. The summed E-state index contributed by atoms with van der Waals surface area (Å²) in [5, 5.41) is 15.1. The van der Waals surface area contributed by atoms with Crippen molar-refractivity contribution in [3.05, 3.63) is 58.9 Å². The van der Waals surface area contributed by atoms with E-state index in [1.807, 2.05) is 12.3 Å². The molecule has 3 aromatic heterocycles. The van der Waals surface area contributed by atoms with Crippen LogP contribution in [0, 0.1) is 6.92 Å². The van der Waals surface area contributed by atoms with Gasteiger partial charge in [-0.2, -0.15) is 0 Å². The van der Waals surface area contributed by atoms with Crippen molar-refractivity contribution in [1.29, 1.82) is 0 Å². The molecule has 0 amide bonds. The van der Waals surface area contributed by atoms with Crippen LogP contribution in [0.1, 0.15) is 11.1 Å². The molecule has 0 saturated heterocycles. The number of halogens is 1. The smallest absolute Gasteiger partial charge is 0.206 e. The van der Waals surface area contributed by atoms with Crippen LogP contribution in [0.15, 0.2) is 42.7 Å². The van der Waals surface area contributed by atoms with Crippen molar-refractivity contribution >= 4 is 49.5 Å². The predicted octanol–water partition coefficient (Wildman–Crippen LogP) is 4.76. The number of hydrogen-bond donors (Lipinski definition) is 2. The van der Waals surface area contributed by atoms with Gasteiger partial charge < -0.3 is 11.1 Å². The number of pyridine rings is 1. The van der Waals surface area contributed by atoms with Crippen molar-refractivity contribution in [1.82, 2.24) is 15.2 Å². The molecule has 1 atom stereocenters. The summed E-state index contributed by atoms with van der Waals surface area (Å²) in [5.74, 6) is 0. The van der Waals surface area contributed by atoms with Gasteiger partial charge in [0.15, 0.2) is 5.01 Å². The summed E-state index contributed by atoms with van der Waals surface area (Å²) in [6.45, 7) is 2.73. The van der Waals surface area contributed by atoms with Crippen LogP contribution < -0.4 is 11.1 Å². The van der Waals surface area contributed by atoms with Gasteiger partial charge in [-0.15, -0.1) is 21.5 Å². The summed E-state index contributed by atoms with van der Waals surface area (Å²) in [5.41, 5.74) is 8.76. The number of hydrogen-bond acceptors (Lipinski definition) is 7. The minimum atomic E-state index is 0.00774. The Morgan fingerprint density at radius 2 is 2.07 bits per heavy atom. The molecule has 3 N–H and O–H groups in total. The highest BCUT2D eigenvalue weighted by Gasteiger charge is 2.13. The van der Waals surface area contributed by atoms with Crippen molar-refractivity contribution in [3.63, 3.8) is 0 Å². The highest BCUT2D eigenvalue weighted by atomic mass is 35.5. The van der Waals surface area contributed by atoms with E-state index in [0.717, 1.165) is 31.5 Å². The second-order valence-corrected chi connectivity index (χ2v) is 8.86. The second-order valence-electron chi connectivity index (χ2n) is 6.39. The maximum absolute atomic E-state index is 6.26. The molecule has 0 bridgehead atoms. The standard InChI is InChI=1S/C19H18ClN5S2/c1-11-3-2-4-12(5-11)6-13(21)8-23-19-25-24-18(27-19)16-7-14-15(20)9-22-10-17(14)26-16/h2-5,7,9-10,13H,6,8,21H2,1H3,(H,23,25). The van der Waals surface area contributed by atoms with Gasteiger partial charge in [-0.05, 0) is 25.0 Å². The van der Waals surface area contributed by atoms with E-state index in [2.05, 4.69) is 51.7 Å². The Hall–Kier alpha value is -2.06. The Morgan fingerprint density at radius 1 is 1.19 bits per heavy atom. The summed E-state index contributed by atoms with van der Waals surface area (Å²) >= 11 is 9.34. The molecule has 0 aliphatic carbocycles. The van der Waals surface area contributed by atoms with E-state index in [1.54, 1.807) is 17.5 Å². The Bertz CT molecular complexity index is 1070. The molecule has 8 heteroatoms. The Morgan fingerprint density at radius 3 is 2.89 bits per heavy atom. The number of nitrogens with one attached hydrogen (secondary N) is 1. The number of nitrogens with zero attached hydrogens (tertiary/aromatic N) is 3. The first-order chi connectivity index (χ1) is 13.1. The van der Waals surface area contributed by atoms with Gasteiger partial charge in [0, 0.05) is 30.4 Å². The number of fused-ring (bicyclic) bond motifs is 1. The fourth-order valence-corrected chi connectivity index (χ4v) is 4.97. The zero-order valence-electron chi connectivity index (χ0n) is 14.6. The maximum Gasteiger partial charge on any atom is 0.206 e. The molecule has 1 aromatic carbocycles. The molecule has 0 spiro atoms. The molecule has 0 radical (unpaired) electrons. The van der Waals surface area contributed by atoms with Gasteiger partial charge in [0.1, 0.15) is 0 Å². The number of benzene rings is 1. The SMILES string of the molecule is Cc1cccc(CC(N)CNc2nnc(-c3cc4c(Cl)cncc4s3)s2)c1. The number of rotatable bonds is 6. The third-order valence-electron chi connectivity index (χ3n) is 4.13. The lowest BCUT2D eigenvalue weighted by atomic mass is 10.0. The van der Waals surface area contributed by atoms with Crippen LogP contribution in [-0.4, -0.2) is 27.8 Å². The zero-order chi connectivity index (χ0) is 18.8. The van der Waals surface area contributed by atoms with Crippen LogP contribution in [0.4, 0.5) is 5.13 Å². The number of aryl methyl sites for hydroxylation is 1. The van der Waals surface area contributed by atoms with Gasteiger partial charge in [0.05, 0.1) is 14.6 Å². The van der Waals surface area contributed by atoms with E-state index in [0.29, 0.717) is 11.6 Å². The largest absolute Gasteiger partial charge is 0.359 e. The number of aromatic nitrogens is 3. The fraction of sp³-hybridized carbons (Fsp3) is 0.211. The van der Waals surface area contributed by atoms with E-state index in [1.165, 1.54) is 22.5 Å². The minimum absolute atomic E-state index is 0.00774. The fourth-order valence-electron chi connectivity index (χ4n) is 2.86. The van der Waals surface area contributed by atoms with Crippen molar-refractivity contribution in [2.75, 3.05) is 11.9 Å². The lowest BCUT2D eigenvalue weighted by Crippen LogP contribution is -2.31. The highest BCUT2D eigenvalue weighted by Crippen LogP contribution is 2.38. The van der Waals surface area contributed by atoms with E-state index in [-0.39, 0.29) is 6.04 Å². The molecule has 27 heavy (non-hydrogen) atoms. The van der Waals surface area contributed by atoms with Gasteiger partial charge in [-0.3, -0.25) is 4.98 Å². The lowest BCUT2D eigenvalue weighted by molar-refractivity contribution is 0.698. The first-order valence-electron chi connectivity index (χ1n) is 8.50. The molecule has 5 nitrogen and oxygen atoms in total. The third-order valence-corrected chi connectivity index (χ3v) is 6.55. The second kappa shape index (κ2) is 7.90. The van der Waals surface area contributed by atoms with Gasteiger partial charge in [-0.1, -0.05) is 52.8 Å². The molecular weight excluding hydrogens is 398 g/mol. The molecule has 0 aliphatic heterocycles. The third kappa shape index (κ3) is 4.27. The lowest BCUT2D eigenvalue weighted by Gasteiger charge is -2.12. The molecule has 4 rings (SSSR count). The molecule has 3 heterocycles. The van der Waals surface area contributed by atoms with Gasteiger partial charge in [-0.25, -0.2) is 0 Å². The van der Waals surface area contributed by atoms with Crippen molar-refractivity contribution in [3.8, 4) is 9.88 Å². The van der Waals surface area contributed by atoms with Crippen LogP contribution in [-0.2, 0) is 6.42 Å². The molecule has 0 fully saturated rings. The quantitative estimate of drug-likeness (QED) is 0.474. The van der Waals surface area contributed by atoms with Crippen molar-refractivity contribution in [2.45, 2.75) is 19.4 Å². The Balaban J connectivity index is 1.41. The number of nitrogens with two attached hydrogens (primary N) is 1. The summed E-state index contributed by atoms with van der Waals surface area (Å²) < 4.78 is 1.04. The van der Waals surface area contributed by atoms with E-state index in [4.69, 9.17) is 17.3 Å². The van der Waals surface area contributed by atoms with Crippen LogP contribution in [0.25, 0.3) is 20.0 Å². The molecule has 138 valence electrons. The average Bonchev–Trinajstić information content (AvgIpc) is 3.27. The van der Waals surface area contributed by atoms with E-state index < -0.39 is 0 Å². The maximum atomic E-state index is 6.26. The monoisotopic (exact) mass is 415 g/mol. The normalized spacial score (nSPS) is 12.4. The summed E-state index contributed by atoms with van der Waals surface area (Å²) in [6, 6.07) is 10.5. The topological polar surface area (TPSA) is 76.7 Å². The highest BCUT2D eigenvalue weighted by molar-refractivity contribution is 7.26. The van der Waals surface area contributed by atoms with Crippen LogP contribution in [0.2, 0.25) is 5.02 Å². The minimum Gasteiger partial charge on any atom is -0.359 e. The summed E-state index contributed by atoms with van der Waals surface area (Å²) in [6.07, 6.45) is 4.30. The van der Waals surface area contributed by atoms with Crippen LogP contribution in [0.5, 0.6) is 0 Å². The Kier molecular flexibility index (Phi) is 5.36. The molecular formula is C19H18ClN5S2. The first kappa shape index (κ1) is 18.3. The zero-order valence-corrected chi connectivity index (χ0v) is 17.0. The Labute approximate surface area is 170 Å². The van der Waals surface area contributed by atoms with Crippen LogP contribution in [0.3, 0.4) is 0 Å². The van der Waals surface area contributed by atoms with Crippen molar-refractivity contribution in [2.24, 2.45) is 5.73 Å². The molecule has 1 unspecified atom stereocenters. The van der Waals surface area contributed by atoms with E-state index >= 15 is 0 Å².